The molecule has 1 saturated heterocycles. The minimum Gasteiger partial charge on any atom is -0.453 e. The second kappa shape index (κ2) is 5.99. The van der Waals surface area contributed by atoms with Crippen LogP contribution in [-0.4, -0.2) is 62.9 Å². The second-order valence-electron chi connectivity index (χ2n) is 6.65. The third-order valence-electron chi connectivity index (χ3n) is 4.79. The van der Waals surface area contributed by atoms with E-state index in [1.54, 1.807) is 26.0 Å². The lowest BCUT2D eigenvalue weighted by atomic mass is 9.86. The molecule has 8 nitrogen and oxygen atoms in total. The van der Waals surface area contributed by atoms with Gasteiger partial charge in [0.25, 0.3) is 0 Å². The van der Waals surface area contributed by atoms with Crippen molar-refractivity contribution >= 4 is 27.7 Å². The summed E-state index contributed by atoms with van der Waals surface area (Å²) in [5, 5.41) is 2.77. The van der Waals surface area contributed by atoms with E-state index in [-0.39, 0.29) is 37.0 Å². The molecule has 0 aromatic heterocycles. The van der Waals surface area contributed by atoms with E-state index in [1.807, 2.05) is 0 Å². The molecule has 2 amide bonds. The predicted molar refractivity (Wildman–Crippen MR) is 90.8 cm³/mol. The molecule has 0 radical (unpaired) electrons. The highest BCUT2D eigenvalue weighted by atomic mass is 32.2. The van der Waals surface area contributed by atoms with E-state index in [4.69, 9.17) is 0 Å². The van der Waals surface area contributed by atoms with Gasteiger partial charge in [0.05, 0.1) is 17.4 Å². The van der Waals surface area contributed by atoms with Crippen LogP contribution in [0.1, 0.15) is 19.4 Å². The van der Waals surface area contributed by atoms with Gasteiger partial charge in [0.2, 0.25) is 15.9 Å². The van der Waals surface area contributed by atoms with Crippen molar-refractivity contribution in [1.29, 1.82) is 0 Å². The van der Waals surface area contributed by atoms with E-state index >= 15 is 0 Å². The fourth-order valence-corrected chi connectivity index (χ4v) is 4.55. The summed E-state index contributed by atoms with van der Waals surface area (Å²) in [7, 11) is -2.39. The maximum absolute atomic E-state index is 12.9. The number of amides is 2. The largest absolute Gasteiger partial charge is 0.453 e. The Morgan fingerprint density at radius 2 is 1.84 bits per heavy atom. The van der Waals surface area contributed by atoms with Gasteiger partial charge in [-0.2, -0.15) is 4.31 Å². The first kappa shape index (κ1) is 17.7. The molecule has 1 N–H and O–H groups in total. The van der Waals surface area contributed by atoms with Crippen LogP contribution in [0.5, 0.6) is 0 Å². The Morgan fingerprint density at radius 1 is 1.20 bits per heavy atom. The zero-order valence-corrected chi connectivity index (χ0v) is 15.2. The molecule has 1 aromatic carbocycles. The number of piperazine rings is 1. The molecule has 25 heavy (non-hydrogen) atoms. The van der Waals surface area contributed by atoms with Gasteiger partial charge >= 0.3 is 6.09 Å². The van der Waals surface area contributed by atoms with Crippen molar-refractivity contribution in [3.8, 4) is 0 Å². The van der Waals surface area contributed by atoms with Crippen LogP contribution in [0, 0.1) is 0 Å². The summed E-state index contributed by atoms with van der Waals surface area (Å²) < 4.78 is 31.8. The number of anilines is 1. The fraction of sp³-hybridized carbons (Fsp3) is 0.500. The Kier molecular flexibility index (Phi) is 4.24. The highest BCUT2D eigenvalue weighted by Crippen LogP contribution is 2.38. The molecule has 0 spiro atoms. The maximum atomic E-state index is 12.9. The number of methoxy groups -OCH3 is 1. The van der Waals surface area contributed by atoms with Crippen molar-refractivity contribution < 1.29 is 22.7 Å². The third-order valence-corrected chi connectivity index (χ3v) is 6.68. The van der Waals surface area contributed by atoms with Crippen molar-refractivity contribution in [2.75, 3.05) is 38.6 Å². The molecular formula is C16H21N3O5S. The van der Waals surface area contributed by atoms with Crippen molar-refractivity contribution in [2.24, 2.45) is 0 Å². The van der Waals surface area contributed by atoms with Gasteiger partial charge in [0.15, 0.2) is 0 Å². The normalized spacial score (nSPS) is 20.1. The summed E-state index contributed by atoms with van der Waals surface area (Å²) in [4.78, 5) is 25.2. The molecule has 0 aliphatic carbocycles. The van der Waals surface area contributed by atoms with Crippen LogP contribution in [0.15, 0.2) is 23.1 Å². The molecule has 2 aliphatic rings. The molecule has 9 heteroatoms. The Balaban J connectivity index is 1.84. The van der Waals surface area contributed by atoms with Gasteiger partial charge in [-0.1, -0.05) is 0 Å². The Morgan fingerprint density at radius 3 is 2.44 bits per heavy atom. The maximum Gasteiger partial charge on any atom is 0.409 e. The van der Waals surface area contributed by atoms with Crippen molar-refractivity contribution in [3.63, 3.8) is 0 Å². The van der Waals surface area contributed by atoms with Crippen LogP contribution in [0.25, 0.3) is 0 Å². The van der Waals surface area contributed by atoms with Gasteiger partial charge in [-0.25, -0.2) is 13.2 Å². The average Bonchev–Trinajstić information content (AvgIpc) is 2.83. The van der Waals surface area contributed by atoms with E-state index in [2.05, 4.69) is 10.1 Å². The zero-order chi connectivity index (χ0) is 18.4. The van der Waals surface area contributed by atoms with Gasteiger partial charge in [-0.05, 0) is 37.6 Å². The first-order valence-electron chi connectivity index (χ1n) is 7.97. The second-order valence-corrected chi connectivity index (χ2v) is 8.59. The Bertz CT molecular complexity index is 826. The number of carbonyl (C=O) groups is 2. The molecule has 0 bridgehead atoms. The standard InChI is InChI=1S/C16H21N3O5S/c1-16(2)12-10-11(4-5-13(12)17-14(16)20)25(22,23)19-8-6-18(7-9-19)15(21)24-3/h4-5,10H,6-9H2,1-3H3,(H,17,20). The van der Waals surface area contributed by atoms with Crippen molar-refractivity contribution in [2.45, 2.75) is 24.2 Å². The van der Waals surface area contributed by atoms with Crippen LogP contribution < -0.4 is 5.32 Å². The number of hydrogen-bond donors (Lipinski definition) is 1. The molecule has 0 atom stereocenters. The smallest absolute Gasteiger partial charge is 0.409 e. The lowest BCUT2D eigenvalue weighted by Gasteiger charge is -2.33. The molecule has 1 aromatic rings. The molecule has 2 heterocycles. The third kappa shape index (κ3) is 2.87. The van der Waals surface area contributed by atoms with Gasteiger partial charge in [0, 0.05) is 31.9 Å². The van der Waals surface area contributed by atoms with Crippen LogP contribution in [0.2, 0.25) is 0 Å². The number of nitrogens with zero attached hydrogens (tertiary/aromatic N) is 2. The summed E-state index contributed by atoms with van der Waals surface area (Å²) in [5.41, 5.74) is 0.543. The van der Waals surface area contributed by atoms with Gasteiger partial charge in [-0.3, -0.25) is 4.79 Å². The average molecular weight is 367 g/mol. The SMILES string of the molecule is COC(=O)N1CCN(S(=O)(=O)c2ccc3c(c2)C(C)(C)C(=O)N3)CC1. The summed E-state index contributed by atoms with van der Waals surface area (Å²) >= 11 is 0. The van der Waals surface area contributed by atoms with Gasteiger partial charge < -0.3 is 15.0 Å². The van der Waals surface area contributed by atoms with Gasteiger partial charge in [0.1, 0.15) is 0 Å². The van der Waals surface area contributed by atoms with Crippen LogP contribution in [0.3, 0.4) is 0 Å². The number of hydrogen-bond acceptors (Lipinski definition) is 5. The molecule has 136 valence electrons. The van der Waals surface area contributed by atoms with Crippen LogP contribution >= 0.6 is 0 Å². The topological polar surface area (TPSA) is 96.0 Å². The lowest BCUT2D eigenvalue weighted by Crippen LogP contribution is -2.50. The van der Waals surface area contributed by atoms with E-state index < -0.39 is 21.5 Å². The summed E-state index contributed by atoms with van der Waals surface area (Å²) in [5.74, 6) is -0.149. The number of sulfonamides is 1. The number of fused-ring (bicyclic) bond motifs is 1. The van der Waals surface area contributed by atoms with E-state index in [0.717, 1.165) is 0 Å². The van der Waals surface area contributed by atoms with Crippen LogP contribution in [0.4, 0.5) is 10.5 Å². The zero-order valence-electron chi connectivity index (χ0n) is 14.4. The molecule has 0 saturated carbocycles. The molecule has 2 aliphatic heterocycles. The minimum atomic E-state index is -3.69. The van der Waals surface area contributed by atoms with Crippen molar-refractivity contribution in [1.82, 2.24) is 9.21 Å². The number of benzene rings is 1. The number of nitrogens with one attached hydrogen (secondary N) is 1. The quantitative estimate of drug-likeness (QED) is 0.841. The van der Waals surface area contributed by atoms with Crippen molar-refractivity contribution in [3.05, 3.63) is 23.8 Å². The molecule has 3 rings (SSSR count). The summed E-state index contributed by atoms with van der Waals surface area (Å²) in [6.45, 7) is 4.49. The Labute approximate surface area is 146 Å². The van der Waals surface area contributed by atoms with Crippen LogP contribution in [-0.2, 0) is 25.0 Å². The first-order valence-corrected chi connectivity index (χ1v) is 9.41. The lowest BCUT2D eigenvalue weighted by molar-refractivity contribution is -0.119. The predicted octanol–water partition coefficient (Wildman–Crippen LogP) is 0.989. The first-order chi connectivity index (χ1) is 11.7. The number of carbonyl (C=O) groups excluding carboxylic acids is 2. The molecular weight excluding hydrogens is 346 g/mol. The van der Waals surface area contributed by atoms with E-state index in [0.29, 0.717) is 11.3 Å². The number of ether oxygens (including phenoxy) is 1. The highest BCUT2D eigenvalue weighted by molar-refractivity contribution is 7.89. The fourth-order valence-electron chi connectivity index (χ4n) is 3.10. The monoisotopic (exact) mass is 367 g/mol. The summed E-state index contributed by atoms with van der Waals surface area (Å²) in [6.07, 6.45) is -0.457. The Hall–Kier alpha value is -2.13. The number of rotatable bonds is 2. The summed E-state index contributed by atoms with van der Waals surface area (Å²) in [6, 6.07) is 4.69. The molecule has 1 fully saturated rings. The highest BCUT2D eigenvalue weighted by Gasteiger charge is 2.40. The van der Waals surface area contributed by atoms with Gasteiger partial charge in [-0.15, -0.1) is 0 Å². The minimum absolute atomic E-state index is 0.149. The van der Waals surface area contributed by atoms with E-state index in [9.17, 15) is 18.0 Å². The van der Waals surface area contributed by atoms with E-state index in [1.165, 1.54) is 22.4 Å². The molecule has 0 unspecified atom stereocenters.